The number of fused-ring (bicyclic) bond motifs is 1. The Kier molecular flexibility index (Phi) is 4.75. The van der Waals surface area contributed by atoms with Crippen molar-refractivity contribution in [3.63, 3.8) is 0 Å². The maximum absolute atomic E-state index is 13.0. The molecular weight excluding hydrogens is 421 g/mol. The molecule has 1 fully saturated rings. The zero-order valence-corrected chi connectivity index (χ0v) is 17.0. The SMILES string of the molecule is CCS(=O)c1cc(C2(C(=O)O)CC2)cnc1N1Nc2cc(C(F)(F)F)cnc2C1C. The molecule has 30 heavy (non-hydrogen) atoms. The summed E-state index contributed by atoms with van der Waals surface area (Å²) in [4.78, 5) is 20.3. The van der Waals surface area contributed by atoms with Gasteiger partial charge < -0.3 is 5.11 Å². The van der Waals surface area contributed by atoms with Crippen LogP contribution >= 0.6 is 0 Å². The summed E-state index contributed by atoms with van der Waals surface area (Å²) in [6, 6.07) is 2.10. The van der Waals surface area contributed by atoms with Crippen LogP contribution < -0.4 is 10.4 Å². The number of carboxylic acid groups (broad SMARTS) is 1. The van der Waals surface area contributed by atoms with Gasteiger partial charge in [0.15, 0.2) is 5.82 Å². The molecule has 2 aliphatic rings. The number of pyridine rings is 2. The third-order valence-corrected chi connectivity index (χ3v) is 6.87. The van der Waals surface area contributed by atoms with E-state index in [1.807, 2.05) is 0 Å². The Labute approximate surface area is 172 Å². The lowest BCUT2D eigenvalue weighted by molar-refractivity contribution is -0.140. The molecule has 0 amide bonds. The molecule has 160 valence electrons. The third kappa shape index (κ3) is 3.21. The summed E-state index contributed by atoms with van der Waals surface area (Å²) < 4.78 is 51.8. The smallest absolute Gasteiger partial charge is 0.417 e. The van der Waals surface area contributed by atoms with E-state index in [-0.39, 0.29) is 17.3 Å². The Morgan fingerprint density at radius 2 is 2.03 bits per heavy atom. The maximum Gasteiger partial charge on any atom is 0.417 e. The highest BCUT2D eigenvalue weighted by molar-refractivity contribution is 7.85. The van der Waals surface area contributed by atoms with Gasteiger partial charge in [-0.25, -0.2) is 4.98 Å². The standard InChI is InChI=1S/C19H19F3N4O3S/c1-3-30(29)14-7-11(18(4-5-18)17(27)28)8-24-16(14)26-10(2)15-13(25-26)6-12(9-23-15)19(20,21)22/h6-10,25H,3-5H2,1-2H3,(H,27,28). The van der Waals surface area contributed by atoms with E-state index in [4.69, 9.17) is 0 Å². The Hall–Kier alpha value is -2.69. The van der Waals surface area contributed by atoms with Crippen LogP contribution in [0.15, 0.2) is 29.4 Å². The molecule has 0 radical (unpaired) electrons. The van der Waals surface area contributed by atoms with E-state index in [0.717, 1.165) is 12.3 Å². The average Bonchev–Trinajstić information content (AvgIpc) is 3.46. The summed E-state index contributed by atoms with van der Waals surface area (Å²) in [5, 5.41) is 11.1. The zero-order valence-electron chi connectivity index (χ0n) is 16.2. The highest BCUT2D eigenvalue weighted by Crippen LogP contribution is 2.49. The molecule has 3 heterocycles. The van der Waals surface area contributed by atoms with Crippen molar-refractivity contribution >= 4 is 28.3 Å². The van der Waals surface area contributed by atoms with Crippen LogP contribution in [-0.2, 0) is 27.2 Å². The Morgan fingerprint density at radius 1 is 1.33 bits per heavy atom. The number of aliphatic carboxylic acids is 1. The fourth-order valence-corrected chi connectivity index (χ4v) is 4.52. The van der Waals surface area contributed by atoms with Crippen LogP contribution in [0.1, 0.15) is 49.6 Å². The van der Waals surface area contributed by atoms with Crippen molar-refractivity contribution in [2.45, 2.75) is 49.2 Å². The van der Waals surface area contributed by atoms with Gasteiger partial charge in [-0.2, -0.15) is 13.2 Å². The van der Waals surface area contributed by atoms with Gasteiger partial charge in [-0.3, -0.25) is 24.4 Å². The first-order chi connectivity index (χ1) is 14.1. The number of rotatable bonds is 5. The van der Waals surface area contributed by atoms with Gasteiger partial charge in [0.2, 0.25) is 0 Å². The van der Waals surface area contributed by atoms with Crippen molar-refractivity contribution in [3.8, 4) is 0 Å². The van der Waals surface area contributed by atoms with E-state index in [1.54, 1.807) is 19.9 Å². The average molecular weight is 440 g/mol. The first-order valence-corrected chi connectivity index (χ1v) is 10.7. The van der Waals surface area contributed by atoms with Crippen molar-refractivity contribution < 1.29 is 27.3 Å². The van der Waals surface area contributed by atoms with Crippen molar-refractivity contribution in [1.82, 2.24) is 9.97 Å². The van der Waals surface area contributed by atoms with E-state index in [0.29, 0.717) is 29.0 Å². The molecule has 2 N–H and O–H groups in total. The first-order valence-electron chi connectivity index (χ1n) is 9.34. The number of carboxylic acids is 1. The number of nitrogens with one attached hydrogen (secondary N) is 1. The number of carbonyl (C=O) groups is 1. The number of hydrogen-bond donors (Lipinski definition) is 2. The van der Waals surface area contributed by atoms with Crippen molar-refractivity contribution in [2.24, 2.45) is 0 Å². The summed E-state index contributed by atoms with van der Waals surface area (Å²) in [6.45, 7) is 3.47. The predicted octanol–water partition coefficient (Wildman–Crippen LogP) is 3.65. The molecule has 7 nitrogen and oxygen atoms in total. The fraction of sp³-hybridized carbons (Fsp3) is 0.421. The molecule has 1 saturated carbocycles. The molecular formula is C19H19F3N4O3S. The number of hydrogen-bond acceptors (Lipinski definition) is 6. The summed E-state index contributed by atoms with van der Waals surface area (Å²) in [6.07, 6.45) is -1.33. The van der Waals surface area contributed by atoms with Crippen molar-refractivity contribution in [3.05, 3.63) is 41.3 Å². The minimum atomic E-state index is -4.52. The van der Waals surface area contributed by atoms with Gasteiger partial charge in [-0.15, -0.1) is 0 Å². The Balaban J connectivity index is 1.75. The second kappa shape index (κ2) is 6.93. The van der Waals surface area contributed by atoms with Crippen LogP contribution in [0.4, 0.5) is 24.7 Å². The van der Waals surface area contributed by atoms with Gasteiger partial charge in [0.25, 0.3) is 0 Å². The highest BCUT2D eigenvalue weighted by Gasteiger charge is 2.52. The second-order valence-corrected chi connectivity index (χ2v) is 9.09. The lowest BCUT2D eigenvalue weighted by Gasteiger charge is -2.25. The number of alkyl halides is 3. The van der Waals surface area contributed by atoms with Crippen LogP contribution in [0.2, 0.25) is 0 Å². The predicted molar refractivity (Wildman–Crippen MR) is 103 cm³/mol. The Bertz CT molecular complexity index is 1060. The minimum Gasteiger partial charge on any atom is -0.481 e. The van der Waals surface area contributed by atoms with Gasteiger partial charge in [0.1, 0.15) is 0 Å². The molecule has 0 aromatic carbocycles. The molecule has 1 aliphatic carbocycles. The van der Waals surface area contributed by atoms with Gasteiger partial charge in [-0.1, -0.05) is 6.92 Å². The molecule has 4 rings (SSSR count). The van der Waals surface area contributed by atoms with Crippen molar-refractivity contribution in [1.29, 1.82) is 0 Å². The van der Waals surface area contributed by atoms with Crippen LogP contribution in [0, 0.1) is 0 Å². The molecule has 2 aromatic rings. The van der Waals surface area contributed by atoms with E-state index < -0.39 is 40.0 Å². The quantitative estimate of drug-likeness (QED) is 0.733. The molecule has 0 spiro atoms. The first kappa shape index (κ1) is 20.6. The lowest BCUT2D eigenvalue weighted by atomic mass is 9.98. The largest absolute Gasteiger partial charge is 0.481 e. The minimum absolute atomic E-state index is 0.195. The maximum atomic E-state index is 13.0. The molecule has 0 saturated heterocycles. The number of aromatic nitrogens is 2. The van der Waals surface area contributed by atoms with Crippen LogP contribution in [0.5, 0.6) is 0 Å². The third-order valence-electron chi connectivity index (χ3n) is 5.55. The van der Waals surface area contributed by atoms with Crippen LogP contribution in [0.3, 0.4) is 0 Å². The molecule has 2 aromatic heterocycles. The van der Waals surface area contributed by atoms with E-state index in [2.05, 4.69) is 15.4 Å². The van der Waals surface area contributed by atoms with Gasteiger partial charge in [0.05, 0.1) is 44.1 Å². The lowest BCUT2D eigenvalue weighted by Crippen LogP contribution is -2.29. The normalized spacial score (nSPS) is 20.4. The number of halogens is 3. The van der Waals surface area contributed by atoms with E-state index >= 15 is 0 Å². The summed E-state index contributed by atoms with van der Waals surface area (Å²) >= 11 is 0. The van der Waals surface area contributed by atoms with Gasteiger partial charge in [-0.05, 0) is 37.5 Å². The summed E-state index contributed by atoms with van der Waals surface area (Å²) in [7, 11) is -1.46. The molecule has 1 aliphatic heterocycles. The highest BCUT2D eigenvalue weighted by atomic mass is 32.2. The summed E-state index contributed by atoms with van der Waals surface area (Å²) in [5.74, 6) is -0.391. The molecule has 0 bridgehead atoms. The van der Waals surface area contributed by atoms with Crippen molar-refractivity contribution in [2.75, 3.05) is 16.2 Å². The van der Waals surface area contributed by atoms with Crippen LogP contribution in [-0.4, -0.2) is 31.0 Å². The number of hydrazine groups is 1. The van der Waals surface area contributed by atoms with Crippen LogP contribution in [0.25, 0.3) is 0 Å². The van der Waals surface area contributed by atoms with Gasteiger partial charge >= 0.3 is 12.1 Å². The topological polar surface area (TPSA) is 95.4 Å². The molecule has 2 atom stereocenters. The molecule has 11 heteroatoms. The van der Waals surface area contributed by atoms with E-state index in [1.165, 1.54) is 11.2 Å². The van der Waals surface area contributed by atoms with Gasteiger partial charge in [0, 0.05) is 18.1 Å². The summed E-state index contributed by atoms with van der Waals surface area (Å²) in [5.41, 5.74) is 2.09. The Morgan fingerprint density at radius 3 is 2.60 bits per heavy atom. The zero-order chi connectivity index (χ0) is 21.8. The number of nitrogens with zero attached hydrogens (tertiary/aromatic N) is 3. The monoisotopic (exact) mass is 440 g/mol. The molecule has 2 unspecified atom stereocenters. The van der Waals surface area contributed by atoms with E-state index in [9.17, 15) is 27.3 Å². The number of anilines is 2. The fourth-order valence-electron chi connectivity index (χ4n) is 3.59. The second-order valence-electron chi connectivity index (χ2n) is 7.38.